The number of esters is 1. The molecule has 0 radical (unpaired) electrons. The smallest absolute Gasteiger partial charge is 0.338 e. The fraction of sp³-hybridized carbons (Fsp3) is 0.241. The highest BCUT2D eigenvalue weighted by Crippen LogP contribution is 2.34. The molecular weight excluding hydrogens is 516 g/mol. The van der Waals surface area contributed by atoms with Crippen LogP contribution in [0, 0.1) is 0 Å². The van der Waals surface area contributed by atoms with Gasteiger partial charge in [-0.15, -0.1) is 0 Å². The first-order valence-electron chi connectivity index (χ1n) is 12.5. The number of amides is 3. The van der Waals surface area contributed by atoms with Crippen molar-refractivity contribution in [3.05, 3.63) is 77.0 Å². The molecule has 0 spiro atoms. The number of hydrogen-bond acceptors (Lipinski definition) is 8. The molecular formula is C29H30N4O7. The molecule has 3 amide bonds. The average Bonchev–Trinajstić information content (AvgIpc) is 2.95. The first-order chi connectivity index (χ1) is 19.4. The van der Waals surface area contributed by atoms with Crippen LogP contribution < -0.4 is 30.3 Å². The number of methoxy groups -OCH3 is 2. The second-order valence-corrected chi connectivity index (χ2v) is 8.69. The lowest BCUT2D eigenvalue weighted by molar-refractivity contribution is -0.139. The maximum absolute atomic E-state index is 12.6. The predicted molar refractivity (Wildman–Crippen MR) is 148 cm³/mol. The van der Waals surface area contributed by atoms with Gasteiger partial charge in [-0.3, -0.25) is 4.79 Å². The molecule has 4 rings (SSSR count). The number of ether oxygens (including phenoxy) is 4. The van der Waals surface area contributed by atoms with E-state index in [4.69, 9.17) is 18.9 Å². The van der Waals surface area contributed by atoms with E-state index in [1.807, 2.05) is 36.4 Å². The SMILES string of the molecule is CCOC(=O)C1=C(C)NC(=O)N[C@@H]1c1ccc(OCC(=O)N/N=C\c2c(OC)ccc3ccccc23)c(OC)c1. The standard InChI is InChI=1S/C29H30N4O7/c1-5-39-28(35)26-17(2)31-29(36)32-27(26)19-11-13-23(24(14-19)38-4)40-16-25(34)33-30-15-21-20-9-7-6-8-18(20)10-12-22(21)37-3/h6-15,27H,5,16H2,1-4H3,(H,33,34)(H2,31,32,36)/b30-15-/t27-/m1/s1. The molecule has 1 atom stereocenters. The number of allylic oxidation sites excluding steroid dienone is 1. The van der Waals surface area contributed by atoms with Crippen molar-refractivity contribution in [3.63, 3.8) is 0 Å². The Bertz CT molecular complexity index is 1500. The van der Waals surface area contributed by atoms with Gasteiger partial charge >= 0.3 is 12.0 Å². The number of benzene rings is 3. The van der Waals surface area contributed by atoms with Gasteiger partial charge in [-0.2, -0.15) is 5.10 Å². The first-order valence-corrected chi connectivity index (χ1v) is 12.5. The summed E-state index contributed by atoms with van der Waals surface area (Å²) in [6.07, 6.45) is 1.53. The van der Waals surface area contributed by atoms with Crippen LogP contribution in [0.15, 0.2) is 71.0 Å². The van der Waals surface area contributed by atoms with Crippen LogP contribution in [0.2, 0.25) is 0 Å². The van der Waals surface area contributed by atoms with Crippen LogP contribution in [0.3, 0.4) is 0 Å². The third-order valence-corrected chi connectivity index (χ3v) is 6.18. The van der Waals surface area contributed by atoms with Crippen LogP contribution in [0.1, 0.15) is 31.0 Å². The van der Waals surface area contributed by atoms with Gasteiger partial charge in [-0.05, 0) is 48.4 Å². The van der Waals surface area contributed by atoms with E-state index in [2.05, 4.69) is 21.2 Å². The van der Waals surface area contributed by atoms with E-state index in [-0.39, 0.29) is 18.8 Å². The van der Waals surface area contributed by atoms with Crippen molar-refractivity contribution in [3.8, 4) is 17.2 Å². The molecule has 11 heteroatoms. The van der Waals surface area contributed by atoms with Gasteiger partial charge in [0.1, 0.15) is 5.75 Å². The monoisotopic (exact) mass is 546 g/mol. The summed E-state index contributed by atoms with van der Waals surface area (Å²) >= 11 is 0. The number of carbonyl (C=O) groups excluding carboxylic acids is 3. The van der Waals surface area contributed by atoms with Crippen LogP contribution in [-0.4, -0.2) is 51.6 Å². The molecule has 0 aromatic heterocycles. The summed E-state index contributed by atoms with van der Waals surface area (Å²) in [5, 5.41) is 11.3. The predicted octanol–water partition coefficient (Wildman–Crippen LogP) is 3.58. The summed E-state index contributed by atoms with van der Waals surface area (Å²) in [7, 11) is 3.02. The lowest BCUT2D eigenvalue weighted by Crippen LogP contribution is -2.45. The van der Waals surface area contributed by atoms with Gasteiger partial charge in [0.15, 0.2) is 18.1 Å². The minimum absolute atomic E-state index is 0.188. The van der Waals surface area contributed by atoms with Crippen molar-refractivity contribution in [2.75, 3.05) is 27.4 Å². The van der Waals surface area contributed by atoms with Gasteiger partial charge in [-0.1, -0.05) is 36.4 Å². The van der Waals surface area contributed by atoms with E-state index in [0.29, 0.717) is 28.5 Å². The van der Waals surface area contributed by atoms with Crippen molar-refractivity contribution in [2.24, 2.45) is 5.10 Å². The maximum atomic E-state index is 12.6. The van der Waals surface area contributed by atoms with Gasteiger partial charge < -0.3 is 29.6 Å². The lowest BCUT2D eigenvalue weighted by atomic mass is 9.95. The molecule has 40 heavy (non-hydrogen) atoms. The average molecular weight is 547 g/mol. The molecule has 0 saturated heterocycles. The Kier molecular flexibility index (Phi) is 8.85. The van der Waals surface area contributed by atoms with Crippen molar-refractivity contribution >= 4 is 34.9 Å². The zero-order valence-electron chi connectivity index (χ0n) is 22.6. The molecule has 1 heterocycles. The summed E-state index contributed by atoms with van der Waals surface area (Å²) in [5.41, 5.74) is 4.42. The van der Waals surface area contributed by atoms with Crippen molar-refractivity contribution in [1.29, 1.82) is 0 Å². The van der Waals surface area contributed by atoms with E-state index in [1.54, 1.807) is 39.2 Å². The zero-order chi connectivity index (χ0) is 28.6. The number of hydrazone groups is 1. The normalized spacial score (nSPS) is 14.9. The first kappa shape index (κ1) is 28.0. The van der Waals surface area contributed by atoms with Crippen LogP contribution in [-0.2, 0) is 14.3 Å². The molecule has 3 aromatic carbocycles. The fourth-order valence-electron chi connectivity index (χ4n) is 4.34. The summed E-state index contributed by atoms with van der Waals surface area (Å²) in [5.74, 6) is 0.187. The molecule has 208 valence electrons. The van der Waals surface area contributed by atoms with E-state index in [0.717, 1.165) is 16.3 Å². The Labute approximate surface area is 231 Å². The fourth-order valence-corrected chi connectivity index (χ4v) is 4.34. The minimum Gasteiger partial charge on any atom is -0.496 e. The van der Waals surface area contributed by atoms with Crippen LogP contribution in [0.25, 0.3) is 10.8 Å². The molecule has 0 saturated carbocycles. The van der Waals surface area contributed by atoms with E-state index in [1.165, 1.54) is 13.3 Å². The number of nitrogens with one attached hydrogen (secondary N) is 3. The largest absolute Gasteiger partial charge is 0.496 e. The Morgan fingerprint density at radius 2 is 1.77 bits per heavy atom. The quantitative estimate of drug-likeness (QED) is 0.201. The Hall–Kier alpha value is -5.06. The lowest BCUT2D eigenvalue weighted by Gasteiger charge is -2.28. The van der Waals surface area contributed by atoms with Crippen molar-refractivity contribution in [1.82, 2.24) is 16.1 Å². The van der Waals surface area contributed by atoms with Crippen LogP contribution in [0.4, 0.5) is 4.79 Å². The molecule has 1 aliphatic heterocycles. The highest BCUT2D eigenvalue weighted by atomic mass is 16.5. The van der Waals surface area contributed by atoms with E-state index < -0.39 is 23.9 Å². The second-order valence-electron chi connectivity index (χ2n) is 8.69. The second kappa shape index (κ2) is 12.7. The van der Waals surface area contributed by atoms with Gasteiger partial charge in [0.25, 0.3) is 5.91 Å². The maximum Gasteiger partial charge on any atom is 0.338 e. The summed E-state index contributed by atoms with van der Waals surface area (Å²) in [6, 6.07) is 15.2. The van der Waals surface area contributed by atoms with Gasteiger partial charge in [0.2, 0.25) is 0 Å². The van der Waals surface area contributed by atoms with Crippen LogP contribution in [0.5, 0.6) is 17.2 Å². The third-order valence-electron chi connectivity index (χ3n) is 6.18. The Morgan fingerprint density at radius 1 is 1.02 bits per heavy atom. The van der Waals surface area contributed by atoms with Gasteiger partial charge in [-0.25, -0.2) is 15.0 Å². The minimum atomic E-state index is -0.764. The van der Waals surface area contributed by atoms with Crippen LogP contribution >= 0.6 is 0 Å². The summed E-state index contributed by atoms with van der Waals surface area (Å²) in [4.78, 5) is 37.2. The highest BCUT2D eigenvalue weighted by Gasteiger charge is 2.32. The Balaban J connectivity index is 1.45. The molecule has 0 fully saturated rings. The highest BCUT2D eigenvalue weighted by molar-refractivity contribution is 6.02. The topological polar surface area (TPSA) is 137 Å². The number of carbonyl (C=O) groups is 3. The third kappa shape index (κ3) is 6.15. The molecule has 3 aromatic rings. The van der Waals surface area contributed by atoms with E-state index in [9.17, 15) is 14.4 Å². The molecule has 1 aliphatic rings. The number of hydrogen-bond donors (Lipinski definition) is 3. The molecule has 11 nitrogen and oxygen atoms in total. The number of urea groups is 1. The molecule has 0 aliphatic carbocycles. The van der Waals surface area contributed by atoms with E-state index >= 15 is 0 Å². The number of nitrogens with zero attached hydrogens (tertiary/aromatic N) is 1. The van der Waals surface area contributed by atoms with Crippen molar-refractivity contribution in [2.45, 2.75) is 19.9 Å². The van der Waals surface area contributed by atoms with Crippen molar-refractivity contribution < 1.29 is 33.3 Å². The molecule has 0 unspecified atom stereocenters. The number of fused-ring (bicyclic) bond motifs is 1. The zero-order valence-corrected chi connectivity index (χ0v) is 22.6. The molecule has 3 N–H and O–H groups in total. The number of rotatable bonds is 10. The van der Waals surface area contributed by atoms with Gasteiger partial charge in [0, 0.05) is 11.3 Å². The summed E-state index contributed by atoms with van der Waals surface area (Å²) in [6.45, 7) is 3.18. The van der Waals surface area contributed by atoms with Gasteiger partial charge in [0.05, 0.1) is 38.7 Å². The molecule has 0 bridgehead atoms. The summed E-state index contributed by atoms with van der Waals surface area (Å²) < 4.78 is 21.7. The Morgan fingerprint density at radius 3 is 2.52 bits per heavy atom.